The minimum absolute atomic E-state index is 0.00257. The molecule has 0 saturated heterocycles. The fraction of sp³-hybridized carbons (Fsp3) is 0. The Bertz CT molecular complexity index is 985. The molecule has 0 spiro atoms. The van der Waals surface area contributed by atoms with Crippen LogP contribution in [0.3, 0.4) is 0 Å². The lowest BCUT2D eigenvalue weighted by atomic mass is 10.3. The highest BCUT2D eigenvalue weighted by molar-refractivity contribution is 5.93. The SMILES string of the molecule is O=C(NNc1ncnc(Nc2ccccc2F)c1[N+](=O)[O-])c1ccccn1. The average molecular weight is 369 g/mol. The summed E-state index contributed by atoms with van der Waals surface area (Å²) in [6, 6.07) is 10.4. The molecule has 0 saturated carbocycles. The third kappa shape index (κ3) is 4.10. The van der Waals surface area contributed by atoms with E-state index in [0.717, 1.165) is 6.33 Å². The Kier molecular flexibility index (Phi) is 5.12. The van der Waals surface area contributed by atoms with Crippen LogP contribution in [0.4, 0.5) is 27.4 Å². The minimum atomic E-state index is -0.752. The number of anilines is 3. The number of amides is 1. The van der Waals surface area contributed by atoms with Crippen molar-refractivity contribution in [3.63, 3.8) is 0 Å². The van der Waals surface area contributed by atoms with Crippen LogP contribution in [0, 0.1) is 15.9 Å². The number of hydrazine groups is 1. The van der Waals surface area contributed by atoms with E-state index in [9.17, 15) is 19.3 Å². The van der Waals surface area contributed by atoms with Gasteiger partial charge in [0.2, 0.25) is 11.6 Å². The number of nitro groups is 1. The molecule has 0 aliphatic heterocycles. The van der Waals surface area contributed by atoms with Crippen LogP contribution in [0.25, 0.3) is 0 Å². The van der Waals surface area contributed by atoms with Crippen LogP contribution < -0.4 is 16.2 Å². The van der Waals surface area contributed by atoms with Crippen molar-refractivity contribution in [2.75, 3.05) is 10.7 Å². The molecule has 0 radical (unpaired) electrons. The molecular weight excluding hydrogens is 357 g/mol. The zero-order valence-corrected chi connectivity index (χ0v) is 13.6. The summed E-state index contributed by atoms with van der Waals surface area (Å²) < 4.78 is 13.8. The van der Waals surface area contributed by atoms with Crippen molar-refractivity contribution in [3.05, 3.63) is 76.6 Å². The molecule has 3 aromatic rings. The largest absolute Gasteiger partial charge is 0.355 e. The summed E-state index contributed by atoms with van der Waals surface area (Å²) >= 11 is 0. The van der Waals surface area contributed by atoms with Gasteiger partial charge in [-0.05, 0) is 24.3 Å². The van der Waals surface area contributed by atoms with Crippen LogP contribution in [-0.2, 0) is 0 Å². The Morgan fingerprint density at radius 3 is 2.48 bits per heavy atom. The van der Waals surface area contributed by atoms with Crippen LogP contribution in [0.5, 0.6) is 0 Å². The van der Waals surface area contributed by atoms with E-state index in [1.807, 2.05) is 0 Å². The molecule has 0 unspecified atom stereocenters. The van der Waals surface area contributed by atoms with E-state index in [4.69, 9.17) is 0 Å². The number of para-hydroxylation sites is 1. The quantitative estimate of drug-likeness (QED) is 0.445. The Morgan fingerprint density at radius 1 is 1.04 bits per heavy atom. The van der Waals surface area contributed by atoms with Gasteiger partial charge in [0.25, 0.3) is 5.91 Å². The van der Waals surface area contributed by atoms with E-state index in [1.54, 1.807) is 18.2 Å². The Hall–Kier alpha value is -4.15. The third-order valence-electron chi connectivity index (χ3n) is 3.32. The average Bonchev–Trinajstić information content (AvgIpc) is 2.68. The Morgan fingerprint density at radius 2 is 1.78 bits per heavy atom. The summed E-state index contributed by atoms with van der Waals surface area (Å²) in [5.41, 5.74) is 4.17. The van der Waals surface area contributed by atoms with Crippen LogP contribution in [0.15, 0.2) is 55.0 Å². The number of hydrogen-bond acceptors (Lipinski definition) is 8. The molecular formula is C16H12FN7O3. The van der Waals surface area contributed by atoms with Crippen LogP contribution >= 0.6 is 0 Å². The van der Waals surface area contributed by atoms with E-state index in [-0.39, 0.29) is 23.0 Å². The first-order valence-electron chi connectivity index (χ1n) is 7.54. The fourth-order valence-electron chi connectivity index (χ4n) is 2.10. The lowest BCUT2D eigenvalue weighted by Crippen LogP contribution is -2.31. The second-order valence-corrected chi connectivity index (χ2v) is 5.08. The van der Waals surface area contributed by atoms with Crippen molar-refractivity contribution >= 4 is 28.9 Å². The van der Waals surface area contributed by atoms with Gasteiger partial charge >= 0.3 is 5.69 Å². The summed E-state index contributed by atoms with van der Waals surface area (Å²) in [6.07, 6.45) is 2.46. The van der Waals surface area contributed by atoms with Crippen LogP contribution in [0.1, 0.15) is 10.5 Å². The number of nitrogens with one attached hydrogen (secondary N) is 3. The number of halogens is 1. The number of nitrogens with zero attached hydrogens (tertiary/aromatic N) is 4. The van der Waals surface area contributed by atoms with Gasteiger partial charge in [0, 0.05) is 6.20 Å². The Balaban J connectivity index is 1.84. The highest BCUT2D eigenvalue weighted by atomic mass is 19.1. The first-order chi connectivity index (χ1) is 13.1. The first-order valence-corrected chi connectivity index (χ1v) is 7.54. The minimum Gasteiger partial charge on any atom is -0.332 e. The van der Waals surface area contributed by atoms with Gasteiger partial charge in [-0.2, -0.15) is 0 Å². The van der Waals surface area contributed by atoms with Crippen molar-refractivity contribution in [1.82, 2.24) is 20.4 Å². The summed E-state index contributed by atoms with van der Waals surface area (Å²) in [4.78, 5) is 34.1. The molecule has 1 aromatic carbocycles. The van der Waals surface area contributed by atoms with E-state index in [1.165, 1.54) is 30.5 Å². The standard InChI is InChI=1S/C16H12FN7O3/c17-10-5-1-2-6-11(10)21-14-13(24(26)27)15(20-9-19-14)22-23-16(25)12-7-3-4-8-18-12/h1-9H,(H,23,25)(H2,19,20,21,22). The molecule has 0 aliphatic rings. The summed E-state index contributed by atoms with van der Waals surface area (Å²) in [7, 11) is 0. The maximum atomic E-state index is 13.8. The van der Waals surface area contributed by atoms with Gasteiger partial charge in [-0.1, -0.05) is 18.2 Å². The second-order valence-electron chi connectivity index (χ2n) is 5.08. The van der Waals surface area contributed by atoms with Gasteiger partial charge < -0.3 is 5.32 Å². The monoisotopic (exact) mass is 369 g/mol. The molecule has 1 amide bonds. The van der Waals surface area contributed by atoms with Gasteiger partial charge in [0.15, 0.2) is 0 Å². The van der Waals surface area contributed by atoms with E-state index in [2.05, 4.69) is 31.1 Å². The van der Waals surface area contributed by atoms with Gasteiger partial charge in [-0.15, -0.1) is 0 Å². The maximum Gasteiger partial charge on any atom is 0.355 e. The highest BCUT2D eigenvalue weighted by Crippen LogP contribution is 2.31. The topological polar surface area (TPSA) is 135 Å². The normalized spacial score (nSPS) is 10.1. The van der Waals surface area contributed by atoms with Crippen molar-refractivity contribution < 1.29 is 14.1 Å². The number of rotatable bonds is 6. The molecule has 0 fully saturated rings. The van der Waals surface area contributed by atoms with Gasteiger partial charge in [0.05, 0.1) is 10.6 Å². The predicted octanol–water partition coefficient (Wildman–Crippen LogP) is 2.42. The molecule has 11 heteroatoms. The molecule has 0 bridgehead atoms. The molecule has 3 N–H and O–H groups in total. The molecule has 10 nitrogen and oxygen atoms in total. The maximum absolute atomic E-state index is 13.8. The number of carbonyl (C=O) groups excluding carboxylic acids is 1. The number of hydrogen-bond donors (Lipinski definition) is 3. The lowest BCUT2D eigenvalue weighted by molar-refractivity contribution is -0.383. The van der Waals surface area contributed by atoms with Crippen LogP contribution in [0.2, 0.25) is 0 Å². The fourth-order valence-corrected chi connectivity index (χ4v) is 2.10. The third-order valence-corrected chi connectivity index (χ3v) is 3.32. The molecule has 136 valence electrons. The summed E-state index contributed by atoms with van der Waals surface area (Å²) in [5.74, 6) is -1.75. The number of carbonyl (C=O) groups is 1. The summed E-state index contributed by atoms with van der Waals surface area (Å²) in [5, 5.41) is 14.0. The van der Waals surface area contributed by atoms with Crippen molar-refractivity contribution in [2.45, 2.75) is 0 Å². The molecule has 2 heterocycles. The van der Waals surface area contributed by atoms with Gasteiger partial charge in [-0.3, -0.25) is 30.7 Å². The molecule has 27 heavy (non-hydrogen) atoms. The first kappa shape index (κ1) is 17.7. The molecule has 2 aromatic heterocycles. The molecule has 3 rings (SSSR count). The molecule has 0 atom stereocenters. The van der Waals surface area contributed by atoms with E-state index >= 15 is 0 Å². The van der Waals surface area contributed by atoms with Gasteiger partial charge in [0.1, 0.15) is 17.8 Å². The zero-order chi connectivity index (χ0) is 19.2. The molecule has 0 aliphatic carbocycles. The predicted molar refractivity (Wildman–Crippen MR) is 93.7 cm³/mol. The van der Waals surface area contributed by atoms with Crippen molar-refractivity contribution in [1.29, 1.82) is 0 Å². The van der Waals surface area contributed by atoms with Crippen molar-refractivity contribution in [2.24, 2.45) is 0 Å². The van der Waals surface area contributed by atoms with Crippen molar-refractivity contribution in [3.8, 4) is 0 Å². The number of benzene rings is 1. The Labute approximate surface area is 151 Å². The van der Waals surface area contributed by atoms with E-state index in [0.29, 0.717) is 0 Å². The second kappa shape index (κ2) is 7.82. The van der Waals surface area contributed by atoms with E-state index < -0.39 is 22.3 Å². The number of aromatic nitrogens is 3. The highest BCUT2D eigenvalue weighted by Gasteiger charge is 2.24. The summed E-state index contributed by atoms with van der Waals surface area (Å²) in [6.45, 7) is 0. The van der Waals surface area contributed by atoms with Gasteiger partial charge in [-0.25, -0.2) is 14.4 Å². The van der Waals surface area contributed by atoms with Crippen LogP contribution in [-0.4, -0.2) is 25.8 Å². The smallest absolute Gasteiger partial charge is 0.332 e. The lowest BCUT2D eigenvalue weighted by Gasteiger charge is -2.11. The number of pyridine rings is 1. The zero-order valence-electron chi connectivity index (χ0n) is 13.6.